The van der Waals surface area contributed by atoms with Gasteiger partial charge in [0.1, 0.15) is 5.75 Å². The maximum absolute atomic E-state index is 5.93. The van der Waals surface area contributed by atoms with Gasteiger partial charge in [0.25, 0.3) is 0 Å². The lowest BCUT2D eigenvalue weighted by Gasteiger charge is -2.12. The van der Waals surface area contributed by atoms with Gasteiger partial charge in [-0.1, -0.05) is 31.5 Å². The number of unbranched alkanes of at least 4 members (excludes halogenated alkanes) is 1. The van der Waals surface area contributed by atoms with E-state index in [0.29, 0.717) is 5.88 Å². The molecule has 0 fully saturated rings. The predicted molar refractivity (Wildman–Crippen MR) is 82.0 cm³/mol. The van der Waals surface area contributed by atoms with E-state index < -0.39 is 0 Å². The first-order valence-electron chi connectivity index (χ1n) is 7.18. The number of nitrogens with zero attached hydrogens (tertiary/aromatic N) is 1. The molecule has 1 heterocycles. The normalized spacial score (nSPS) is 12.2. The predicted octanol–water partition coefficient (Wildman–Crippen LogP) is 4.24. The van der Waals surface area contributed by atoms with Crippen LogP contribution in [0.3, 0.4) is 0 Å². The van der Waals surface area contributed by atoms with Crippen LogP contribution in [0.2, 0.25) is 0 Å². The van der Waals surface area contributed by atoms with Crippen molar-refractivity contribution >= 4 is 0 Å². The minimum atomic E-state index is -0.0949. The Labute approximate surface area is 120 Å². The van der Waals surface area contributed by atoms with Gasteiger partial charge in [0.2, 0.25) is 5.88 Å². The summed E-state index contributed by atoms with van der Waals surface area (Å²) in [5.41, 5.74) is 8.19. The minimum Gasteiger partial charge on any atom is -0.439 e. The number of benzene rings is 1. The van der Waals surface area contributed by atoms with Crippen molar-refractivity contribution in [3.63, 3.8) is 0 Å². The van der Waals surface area contributed by atoms with Crippen molar-refractivity contribution in [2.24, 2.45) is 5.73 Å². The molecule has 1 aromatic heterocycles. The summed E-state index contributed by atoms with van der Waals surface area (Å²) in [4.78, 5) is 4.27. The van der Waals surface area contributed by atoms with E-state index in [1.807, 2.05) is 31.2 Å². The largest absolute Gasteiger partial charge is 0.439 e. The van der Waals surface area contributed by atoms with Gasteiger partial charge in [-0.3, -0.25) is 0 Å². The molecule has 0 unspecified atom stereocenters. The monoisotopic (exact) mass is 270 g/mol. The zero-order chi connectivity index (χ0) is 14.4. The van der Waals surface area contributed by atoms with Gasteiger partial charge in [0.05, 0.1) is 0 Å². The highest BCUT2D eigenvalue weighted by molar-refractivity contribution is 5.35. The van der Waals surface area contributed by atoms with Crippen molar-refractivity contribution in [2.45, 2.75) is 39.2 Å². The van der Waals surface area contributed by atoms with Crippen LogP contribution in [0.15, 0.2) is 42.6 Å². The molecule has 106 valence electrons. The standard InChI is InChI=1S/C17H22N2O/c1-3-4-6-14-8-10-15(11-9-14)20-17-16(13(2)18)7-5-12-19-17/h5,7-13H,3-4,6,18H2,1-2H3/t13-/m1/s1. The van der Waals surface area contributed by atoms with Gasteiger partial charge < -0.3 is 10.5 Å². The fraction of sp³-hybridized carbons (Fsp3) is 0.353. The molecule has 0 radical (unpaired) electrons. The van der Waals surface area contributed by atoms with Crippen LogP contribution in [-0.2, 0) is 6.42 Å². The summed E-state index contributed by atoms with van der Waals surface area (Å²) in [5.74, 6) is 1.38. The highest BCUT2D eigenvalue weighted by Gasteiger charge is 2.09. The molecule has 0 amide bonds. The zero-order valence-electron chi connectivity index (χ0n) is 12.2. The van der Waals surface area contributed by atoms with E-state index >= 15 is 0 Å². The first-order valence-corrected chi connectivity index (χ1v) is 7.18. The van der Waals surface area contributed by atoms with Gasteiger partial charge in [-0.2, -0.15) is 0 Å². The summed E-state index contributed by atoms with van der Waals surface area (Å²) in [6, 6.07) is 11.9. The molecule has 0 saturated carbocycles. The first-order chi connectivity index (χ1) is 9.70. The van der Waals surface area contributed by atoms with Crippen LogP contribution < -0.4 is 10.5 Å². The number of aromatic nitrogens is 1. The second-order valence-electron chi connectivity index (χ2n) is 5.04. The van der Waals surface area contributed by atoms with Crippen LogP contribution in [0.5, 0.6) is 11.6 Å². The molecule has 0 bridgehead atoms. The second-order valence-corrected chi connectivity index (χ2v) is 5.04. The quantitative estimate of drug-likeness (QED) is 0.854. The van der Waals surface area contributed by atoms with E-state index in [2.05, 4.69) is 24.0 Å². The minimum absolute atomic E-state index is 0.0949. The third-order valence-electron chi connectivity index (χ3n) is 3.25. The Morgan fingerprint density at radius 2 is 1.95 bits per heavy atom. The Morgan fingerprint density at radius 1 is 1.20 bits per heavy atom. The Kier molecular flexibility index (Phi) is 5.13. The summed E-state index contributed by atoms with van der Waals surface area (Å²) >= 11 is 0. The fourth-order valence-electron chi connectivity index (χ4n) is 2.05. The fourth-order valence-corrected chi connectivity index (χ4v) is 2.05. The van der Waals surface area contributed by atoms with Crippen molar-refractivity contribution < 1.29 is 4.74 Å². The molecule has 1 aromatic carbocycles. The molecule has 2 N–H and O–H groups in total. The van der Waals surface area contributed by atoms with Gasteiger partial charge in [-0.25, -0.2) is 4.98 Å². The average Bonchev–Trinajstić information content (AvgIpc) is 2.47. The van der Waals surface area contributed by atoms with Crippen molar-refractivity contribution in [1.82, 2.24) is 4.98 Å². The maximum atomic E-state index is 5.93. The van der Waals surface area contributed by atoms with E-state index in [1.165, 1.54) is 18.4 Å². The van der Waals surface area contributed by atoms with Crippen molar-refractivity contribution in [3.05, 3.63) is 53.7 Å². The molecular formula is C17H22N2O. The number of ether oxygens (including phenoxy) is 1. The lowest BCUT2D eigenvalue weighted by Crippen LogP contribution is -2.07. The number of aryl methyl sites for hydroxylation is 1. The molecule has 2 aromatic rings. The van der Waals surface area contributed by atoms with E-state index in [4.69, 9.17) is 10.5 Å². The van der Waals surface area contributed by atoms with Crippen LogP contribution in [0, 0.1) is 0 Å². The van der Waals surface area contributed by atoms with Gasteiger partial charge in [-0.15, -0.1) is 0 Å². The zero-order valence-corrected chi connectivity index (χ0v) is 12.2. The molecule has 0 aliphatic carbocycles. The van der Waals surface area contributed by atoms with Crippen LogP contribution in [0.25, 0.3) is 0 Å². The van der Waals surface area contributed by atoms with E-state index in [-0.39, 0.29) is 6.04 Å². The maximum Gasteiger partial charge on any atom is 0.223 e. The second kappa shape index (κ2) is 7.06. The van der Waals surface area contributed by atoms with Gasteiger partial charge in [-0.05, 0) is 43.5 Å². The molecular weight excluding hydrogens is 248 g/mol. The summed E-state index contributed by atoms with van der Waals surface area (Å²) in [7, 11) is 0. The third-order valence-corrected chi connectivity index (χ3v) is 3.25. The molecule has 1 atom stereocenters. The molecule has 2 rings (SSSR count). The van der Waals surface area contributed by atoms with Gasteiger partial charge in [0, 0.05) is 17.8 Å². The summed E-state index contributed by atoms with van der Waals surface area (Å²) in [6.07, 6.45) is 5.27. The van der Waals surface area contributed by atoms with Crippen LogP contribution in [0.4, 0.5) is 0 Å². The Hall–Kier alpha value is -1.87. The molecule has 3 heteroatoms. The van der Waals surface area contributed by atoms with Crippen LogP contribution in [0.1, 0.15) is 43.9 Å². The molecule has 0 spiro atoms. The Morgan fingerprint density at radius 3 is 2.60 bits per heavy atom. The highest BCUT2D eigenvalue weighted by atomic mass is 16.5. The Bertz CT molecular complexity index is 535. The van der Waals surface area contributed by atoms with Crippen molar-refractivity contribution in [1.29, 1.82) is 0 Å². The van der Waals surface area contributed by atoms with Crippen LogP contribution >= 0.6 is 0 Å². The van der Waals surface area contributed by atoms with Crippen molar-refractivity contribution in [2.75, 3.05) is 0 Å². The summed E-state index contributed by atoms with van der Waals surface area (Å²) in [6.45, 7) is 4.13. The highest BCUT2D eigenvalue weighted by Crippen LogP contribution is 2.26. The first kappa shape index (κ1) is 14.5. The van der Waals surface area contributed by atoms with E-state index in [1.54, 1.807) is 6.20 Å². The Balaban J connectivity index is 2.10. The summed E-state index contributed by atoms with van der Waals surface area (Å²) in [5, 5.41) is 0. The van der Waals surface area contributed by atoms with Gasteiger partial charge in [0.15, 0.2) is 0 Å². The molecule has 0 aliphatic rings. The van der Waals surface area contributed by atoms with E-state index in [0.717, 1.165) is 17.7 Å². The van der Waals surface area contributed by atoms with E-state index in [9.17, 15) is 0 Å². The topological polar surface area (TPSA) is 48.1 Å². The smallest absolute Gasteiger partial charge is 0.223 e. The molecule has 0 aliphatic heterocycles. The average molecular weight is 270 g/mol. The lowest BCUT2D eigenvalue weighted by molar-refractivity contribution is 0.452. The number of hydrogen-bond acceptors (Lipinski definition) is 3. The third kappa shape index (κ3) is 3.81. The van der Waals surface area contributed by atoms with Gasteiger partial charge >= 0.3 is 0 Å². The number of pyridine rings is 1. The number of nitrogens with two attached hydrogens (primary N) is 1. The number of rotatable bonds is 6. The van der Waals surface area contributed by atoms with Crippen molar-refractivity contribution in [3.8, 4) is 11.6 Å². The summed E-state index contributed by atoms with van der Waals surface area (Å²) < 4.78 is 5.84. The van der Waals surface area contributed by atoms with Crippen LogP contribution in [-0.4, -0.2) is 4.98 Å². The number of hydrogen-bond donors (Lipinski definition) is 1. The molecule has 0 saturated heterocycles. The SMILES string of the molecule is CCCCc1ccc(Oc2ncccc2[C@@H](C)N)cc1. The molecule has 20 heavy (non-hydrogen) atoms. The molecule has 3 nitrogen and oxygen atoms in total. The lowest BCUT2D eigenvalue weighted by atomic mass is 10.1.